The summed E-state index contributed by atoms with van der Waals surface area (Å²) in [6.45, 7) is 0.435. The third kappa shape index (κ3) is 4.72. The van der Waals surface area contributed by atoms with Crippen LogP contribution in [0.2, 0.25) is 0 Å². The largest absolute Gasteiger partial charge is 0.383 e. The van der Waals surface area contributed by atoms with Gasteiger partial charge in [0.05, 0.1) is 17.7 Å². The lowest BCUT2D eigenvalue weighted by atomic mass is 10.2. The van der Waals surface area contributed by atoms with E-state index in [2.05, 4.69) is 0 Å². The normalized spacial score (nSPS) is 16.3. The van der Waals surface area contributed by atoms with Gasteiger partial charge in [0.25, 0.3) is 5.91 Å². The summed E-state index contributed by atoms with van der Waals surface area (Å²) < 4.78 is 27.6. The highest BCUT2D eigenvalue weighted by Crippen LogP contribution is 2.33. The maximum Gasteiger partial charge on any atom is 0.306 e. The SMILES string of the molecule is CS(=O)(=O)Oc1ccc(/C=C2/SC(=S)N(Cc3ccccc3)C2=O)cc1. The first-order valence-corrected chi connectivity index (χ1v) is 10.6. The van der Waals surface area contributed by atoms with Crippen molar-refractivity contribution in [2.75, 3.05) is 6.26 Å². The fraction of sp³-hybridized carbons (Fsp3) is 0.111. The van der Waals surface area contributed by atoms with Gasteiger partial charge in [0, 0.05) is 0 Å². The Labute approximate surface area is 161 Å². The summed E-state index contributed by atoms with van der Waals surface area (Å²) in [5.41, 5.74) is 1.76. The van der Waals surface area contributed by atoms with Crippen molar-refractivity contribution in [2.45, 2.75) is 6.54 Å². The van der Waals surface area contributed by atoms with Gasteiger partial charge in [-0.1, -0.05) is 66.4 Å². The summed E-state index contributed by atoms with van der Waals surface area (Å²) in [5, 5.41) is 0. The highest BCUT2D eigenvalue weighted by molar-refractivity contribution is 8.26. The first-order valence-electron chi connectivity index (χ1n) is 7.61. The highest BCUT2D eigenvalue weighted by atomic mass is 32.2. The molecule has 3 rings (SSSR count). The van der Waals surface area contributed by atoms with E-state index in [9.17, 15) is 13.2 Å². The van der Waals surface area contributed by atoms with Gasteiger partial charge in [0.1, 0.15) is 10.1 Å². The van der Waals surface area contributed by atoms with E-state index in [1.165, 1.54) is 23.9 Å². The van der Waals surface area contributed by atoms with Gasteiger partial charge >= 0.3 is 10.1 Å². The molecule has 0 bridgehead atoms. The molecule has 0 N–H and O–H groups in total. The van der Waals surface area contributed by atoms with Crippen molar-refractivity contribution in [3.63, 3.8) is 0 Å². The molecule has 8 heteroatoms. The third-order valence-corrected chi connectivity index (χ3v) is 5.36. The van der Waals surface area contributed by atoms with Gasteiger partial charge in [0.2, 0.25) is 0 Å². The van der Waals surface area contributed by atoms with Crippen LogP contribution in [0.1, 0.15) is 11.1 Å². The van der Waals surface area contributed by atoms with E-state index >= 15 is 0 Å². The Kier molecular flexibility index (Phi) is 5.45. The Morgan fingerprint density at radius 2 is 1.77 bits per heavy atom. The van der Waals surface area contributed by atoms with E-state index in [0.29, 0.717) is 15.8 Å². The van der Waals surface area contributed by atoms with Crippen molar-refractivity contribution in [3.05, 3.63) is 70.6 Å². The van der Waals surface area contributed by atoms with E-state index in [0.717, 1.165) is 17.4 Å². The molecule has 134 valence electrons. The lowest BCUT2D eigenvalue weighted by molar-refractivity contribution is -0.122. The molecule has 2 aromatic rings. The van der Waals surface area contributed by atoms with E-state index in [-0.39, 0.29) is 11.7 Å². The molecule has 1 amide bonds. The Hall–Kier alpha value is -2.16. The number of thiocarbonyl (C=S) groups is 1. The molecule has 0 saturated carbocycles. The zero-order chi connectivity index (χ0) is 18.7. The minimum atomic E-state index is -3.56. The van der Waals surface area contributed by atoms with Crippen molar-refractivity contribution in [1.29, 1.82) is 0 Å². The Balaban J connectivity index is 1.75. The lowest BCUT2D eigenvalue weighted by Gasteiger charge is -2.14. The second-order valence-electron chi connectivity index (χ2n) is 5.61. The van der Waals surface area contributed by atoms with Gasteiger partial charge in [-0.2, -0.15) is 8.42 Å². The summed E-state index contributed by atoms with van der Waals surface area (Å²) in [6, 6.07) is 16.1. The number of hydrogen-bond donors (Lipinski definition) is 0. The van der Waals surface area contributed by atoms with Crippen molar-refractivity contribution >= 4 is 50.4 Å². The first-order chi connectivity index (χ1) is 12.3. The van der Waals surface area contributed by atoms with Gasteiger partial charge in [-0.25, -0.2) is 0 Å². The number of thioether (sulfide) groups is 1. The van der Waals surface area contributed by atoms with Gasteiger partial charge in [-0.15, -0.1) is 0 Å². The molecule has 1 aliphatic heterocycles. The van der Waals surface area contributed by atoms with Crippen molar-refractivity contribution in [1.82, 2.24) is 4.90 Å². The second-order valence-corrected chi connectivity index (χ2v) is 8.86. The molecule has 1 aliphatic rings. The first kappa shape index (κ1) is 18.6. The molecule has 0 spiro atoms. The molecule has 0 aromatic heterocycles. The fourth-order valence-corrected chi connectivity index (χ4v) is 4.06. The van der Waals surface area contributed by atoms with Crippen LogP contribution >= 0.6 is 24.0 Å². The average molecular weight is 406 g/mol. The number of benzene rings is 2. The molecule has 0 atom stereocenters. The molecule has 26 heavy (non-hydrogen) atoms. The summed E-state index contributed by atoms with van der Waals surface area (Å²) in [6.07, 6.45) is 2.72. The fourth-order valence-electron chi connectivity index (χ4n) is 2.35. The molecule has 1 heterocycles. The number of rotatable bonds is 5. The van der Waals surface area contributed by atoms with Crippen LogP contribution in [0, 0.1) is 0 Å². The molecule has 2 aromatic carbocycles. The van der Waals surface area contributed by atoms with Crippen LogP contribution in [-0.2, 0) is 21.5 Å². The van der Waals surface area contributed by atoms with E-state index < -0.39 is 10.1 Å². The third-order valence-electron chi connectivity index (χ3n) is 3.48. The summed E-state index contributed by atoms with van der Waals surface area (Å²) in [7, 11) is -3.56. The van der Waals surface area contributed by atoms with Crippen LogP contribution in [0.3, 0.4) is 0 Å². The number of amides is 1. The molecular formula is C18H15NO4S3. The highest BCUT2D eigenvalue weighted by Gasteiger charge is 2.31. The second kappa shape index (κ2) is 7.61. The molecule has 0 aliphatic carbocycles. The number of carbonyl (C=O) groups excluding carboxylic acids is 1. The van der Waals surface area contributed by atoms with Crippen LogP contribution in [0.4, 0.5) is 0 Å². The van der Waals surface area contributed by atoms with Crippen molar-refractivity contribution in [3.8, 4) is 5.75 Å². The van der Waals surface area contributed by atoms with Crippen molar-refractivity contribution in [2.24, 2.45) is 0 Å². The minimum absolute atomic E-state index is 0.139. The maximum absolute atomic E-state index is 12.6. The molecule has 0 unspecified atom stereocenters. The summed E-state index contributed by atoms with van der Waals surface area (Å²) in [5.74, 6) is 0.0848. The van der Waals surface area contributed by atoms with Gasteiger partial charge in [0.15, 0.2) is 0 Å². The molecular weight excluding hydrogens is 390 g/mol. The van der Waals surface area contributed by atoms with Crippen LogP contribution in [-0.4, -0.2) is 29.8 Å². The summed E-state index contributed by atoms with van der Waals surface area (Å²) in [4.78, 5) is 14.7. The lowest BCUT2D eigenvalue weighted by Crippen LogP contribution is -2.27. The maximum atomic E-state index is 12.6. The molecule has 0 radical (unpaired) electrons. The Morgan fingerprint density at radius 3 is 2.38 bits per heavy atom. The van der Waals surface area contributed by atoms with Gasteiger partial charge in [-0.05, 0) is 29.3 Å². The van der Waals surface area contributed by atoms with Crippen LogP contribution in [0.5, 0.6) is 5.75 Å². The van der Waals surface area contributed by atoms with Crippen LogP contribution in [0.25, 0.3) is 6.08 Å². The van der Waals surface area contributed by atoms with E-state index in [4.69, 9.17) is 16.4 Å². The predicted octanol–water partition coefficient (Wildman–Crippen LogP) is 3.43. The van der Waals surface area contributed by atoms with Crippen molar-refractivity contribution < 1.29 is 17.4 Å². The van der Waals surface area contributed by atoms with Gasteiger partial charge in [-0.3, -0.25) is 9.69 Å². The molecule has 1 fully saturated rings. The van der Waals surface area contributed by atoms with Crippen LogP contribution in [0.15, 0.2) is 59.5 Å². The predicted molar refractivity (Wildman–Crippen MR) is 107 cm³/mol. The number of hydrogen-bond acceptors (Lipinski definition) is 6. The zero-order valence-corrected chi connectivity index (χ0v) is 16.2. The smallest absolute Gasteiger partial charge is 0.306 e. The standard InChI is InChI=1S/C18H15NO4S3/c1-26(21,22)23-15-9-7-13(8-10-15)11-16-17(20)19(18(24)25-16)12-14-5-3-2-4-6-14/h2-11H,12H2,1H3/b16-11+. The Bertz CT molecular complexity index is 967. The van der Waals surface area contributed by atoms with E-state index in [1.54, 1.807) is 23.1 Å². The average Bonchev–Trinajstić information content (AvgIpc) is 2.84. The van der Waals surface area contributed by atoms with E-state index in [1.807, 2.05) is 30.3 Å². The van der Waals surface area contributed by atoms with Gasteiger partial charge < -0.3 is 4.18 Å². The molecule has 1 saturated heterocycles. The number of carbonyl (C=O) groups is 1. The Morgan fingerprint density at radius 1 is 1.12 bits per heavy atom. The topological polar surface area (TPSA) is 63.7 Å². The van der Waals surface area contributed by atoms with Crippen LogP contribution < -0.4 is 4.18 Å². The minimum Gasteiger partial charge on any atom is -0.383 e. The summed E-state index contributed by atoms with van der Waals surface area (Å²) >= 11 is 6.58. The zero-order valence-electron chi connectivity index (χ0n) is 13.8. The molecule has 5 nitrogen and oxygen atoms in total. The monoisotopic (exact) mass is 405 g/mol. The quantitative estimate of drug-likeness (QED) is 0.431. The number of nitrogens with zero attached hydrogens (tertiary/aromatic N) is 1.